The minimum absolute atomic E-state index is 0.229. The lowest BCUT2D eigenvalue weighted by Crippen LogP contribution is -2.45. The summed E-state index contributed by atoms with van der Waals surface area (Å²) < 4.78 is 0. The van der Waals surface area contributed by atoms with E-state index in [1.165, 1.54) is 0 Å². The third-order valence-corrected chi connectivity index (χ3v) is 1.05. The van der Waals surface area contributed by atoms with Crippen LogP contribution in [0.5, 0.6) is 0 Å². The number of rotatable bonds is 4. The number of hydrogen-bond acceptors (Lipinski definition) is 4. The van der Waals surface area contributed by atoms with Crippen molar-refractivity contribution in [3.8, 4) is 0 Å². The Labute approximate surface area is 72.4 Å². The zero-order chi connectivity index (χ0) is 9.78. The summed E-state index contributed by atoms with van der Waals surface area (Å²) in [7, 11) is 0. The molecule has 0 aliphatic heterocycles. The lowest BCUT2D eigenvalue weighted by molar-refractivity contribution is -0.121. The minimum Gasteiger partial charge on any atom is -0.368 e. The van der Waals surface area contributed by atoms with Gasteiger partial charge in [-0.05, 0) is 20.8 Å². The van der Waals surface area contributed by atoms with Gasteiger partial charge in [-0.25, -0.2) is 0 Å². The standard InChI is InChI=1S/C7H17N3O2/c1-7(2,3)12-10-4-5(8)6(9)11/h5,10H,4,8H2,1-3H3,(H2,9,11). The highest BCUT2D eigenvalue weighted by Crippen LogP contribution is 2.02. The van der Waals surface area contributed by atoms with E-state index < -0.39 is 11.9 Å². The third-order valence-electron chi connectivity index (χ3n) is 1.05. The van der Waals surface area contributed by atoms with Crippen molar-refractivity contribution in [3.63, 3.8) is 0 Å². The molecule has 0 rings (SSSR count). The highest BCUT2D eigenvalue weighted by Gasteiger charge is 2.13. The summed E-state index contributed by atoms with van der Waals surface area (Å²) in [5.41, 5.74) is 12.5. The Bertz CT molecular complexity index is 153. The first-order valence-corrected chi connectivity index (χ1v) is 3.78. The second-order valence-corrected chi connectivity index (χ2v) is 3.57. The number of hydrogen-bond donors (Lipinski definition) is 3. The van der Waals surface area contributed by atoms with Crippen molar-refractivity contribution < 1.29 is 9.63 Å². The van der Waals surface area contributed by atoms with Crippen LogP contribution < -0.4 is 16.9 Å². The molecule has 0 aromatic carbocycles. The Morgan fingerprint density at radius 2 is 2.08 bits per heavy atom. The van der Waals surface area contributed by atoms with Gasteiger partial charge in [-0.15, -0.1) is 0 Å². The number of nitrogens with two attached hydrogens (primary N) is 2. The highest BCUT2D eigenvalue weighted by atomic mass is 16.7. The summed E-state index contributed by atoms with van der Waals surface area (Å²) in [5, 5.41) is 0. The van der Waals surface area contributed by atoms with Crippen LogP contribution in [-0.2, 0) is 9.63 Å². The SMILES string of the molecule is CC(C)(C)ONCC(N)C(N)=O. The molecule has 0 heterocycles. The second kappa shape index (κ2) is 4.39. The highest BCUT2D eigenvalue weighted by molar-refractivity contribution is 5.79. The van der Waals surface area contributed by atoms with Gasteiger partial charge in [0.15, 0.2) is 0 Å². The van der Waals surface area contributed by atoms with Gasteiger partial charge in [0, 0.05) is 6.54 Å². The summed E-state index contributed by atoms with van der Waals surface area (Å²) in [4.78, 5) is 15.6. The third kappa shape index (κ3) is 6.09. The smallest absolute Gasteiger partial charge is 0.235 e. The molecule has 0 saturated carbocycles. The molecule has 0 spiro atoms. The van der Waals surface area contributed by atoms with Crippen LogP contribution in [0.15, 0.2) is 0 Å². The molecule has 0 fully saturated rings. The molecule has 5 heteroatoms. The molecular weight excluding hydrogens is 158 g/mol. The number of carbonyl (C=O) groups is 1. The number of carbonyl (C=O) groups excluding carboxylic acids is 1. The molecular formula is C7H17N3O2. The van der Waals surface area contributed by atoms with Crippen LogP contribution in [0.25, 0.3) is 0 Å². The van der Waals surface area contributed by atoms with Gasteiger partial charge in [0.1, 0.15) is 0 Å². The first-order valence-electron chi connectivity index (χ1n) is 3.78. The van der Waals surface area contributed by atoms with Crippen molar-refractivity contribution >= 4 is 5.91 Å². The largest absolute Gasteiger partial charge is 0.368 e. The Balaban J connectivity index is 3.51. The van der Waals surface area contributed by atoms with Gasteiger partial charge in [-0.2, -0.15) is 5.48 Å². The average molecular weight is 175 g/mol. The van der Waals surface area contributed by atoms with Gasteiger partial charge >= 0.3 is 0 Å². The molecule has 0 bridgehead atoms. The molecule has 0 saturated heterocycles. The fourth-order valence-corrected chi connectivity index (χ4v) is 0.449. The predicted molar refractivity (Wildman–Crippen MR) is 46.0 cm³/mol. The van der Waals surface area contributed by atoms with Crippen molar-refractivity contribution in [2.24, 2.45) is 11.5 Å². The van der Waals surface area contributed by atoms with Crippen molar-refractivity contribution in [1.29, 1.82) is 0 Å². The molecule has 0 aromatic heterocycles. The topological polar surface area (TPSA) is 90.4 Å². The summed E-state index contributed by atoms with van der Waals surface area (Å²) in [6.45, 7) is 5.88. The molecule has 5 N–H and O–H groups in total. The molecule has 1 amide bonds. The van der Waals surface area contributed by atoms with Crippen molar-refractivity contribution in [1.82, 2.24) is 5.48 Å². The van der Waals surface area contributed by atoms with E-state index in [0.29, 0.717) is 0 Å². The van der Waals surface area contributed by atoms with Crippen LogP contribution >= 0.6 is 0 Å². The normalized spacial score (nSPS) is 14.3. The Kier molecular flexibility index (Phi) is 4.16. The number of nitrogens with one attached hydrogen (secondary N) is 1. The van der Waals surface area contributed by atoms with Crippen LogP contribution in [-0.4, -0.2) is 24.1 Å². The summed E-state index contributed by atoms with van der Waals surface area (Å²) in [5.74, 6) is -0.542. The fraction of sp³-hybridized carbons (Fsp3) is 0.857. The molecule has 0 aliphatic rings. The van der Waals surface area contributed by atoms with E-state index in [2.05, 4.69) is 5.48 Å². The van der Waals surface area contributed by atoms with Crippen LogP contribution in [0.4, 0.5) is 0 Å². The minimum atomic E-state index is -0.702. The van der Waals surface area contributed by atoms with E-state index in [1.807, 2.05) is 20.8 Å². The molecule has 0 aromatic rings. The first kappa shape index (κ1) is 11.4. The van der Waals surface area contributed by atoms with Gasteiger partial charge in [0.2, 0.25) is 5.91 Å². The van der Waals surface area contributed by atoms with Crippen LogP contribution in [0.2, 0.25) is 0 Å². The fourth-order valence-electron chi connectivity index (χ4n) is 0.449. The van der Waals surface area contributed by atoms with Crippen molar-refractivity contribution in [2.75, 3.05) is 6.54 Å². The summed E-state index contributed by atoms with van der Waals surface area (Å²) in [6, 6.07) is -0.702. The van der Waals surface area contributed by atoms with E-state index in [4.69, 9.17) is 16.3 Å². The van der Waals surface area contributed by atoms with E-state index >= 15 is 0 Å². The maximum absolute atomic E-state index is 10.5. The predicted octanol–water partition coefficient (Wildman–Crippen LogP) is -0.881. The Hall–Kier alpha value is -0.650. The van der Waals surface area contributed by atoms with Crippen molar-refractivity contribution in [2.45, 2.75) is 32.4 Å². The van der Waals surface area contributed by atoms with Gasteiger partial charge in [0.25, 0.3) is 0 Å². The lowest BCUT2D eigenvalue weighted by Gasteiger charge is -2.20. The van der Waals surface area contributed by atoms with Gasteiger partial charge in [0.05, 0.1) is 11.6 Å². The maximum atomic E-state index is 10.5. The van der Waals surface area contributed by atoms with E-state index in [9.17, 15) is 4.79 Å². The lowest BCUT2D eigenvalue weighted by atomic mass is 10.2. The van der Waals surface area contributed by atoms with E-state index in [1.54, 1.807) is 0 Å². The quantitative estimate of drug-likeness (QED) is 0.484. The van der Waals surface area contributed by atoms with Gasteiger partial charge in [-0.1, -0.05) is 0 Å². The Morgan fingerprint density at radius 1 is 1.58 bits per heavy atom. The molecule has 0 radical (unpaired) electrons. The molecule has 72 valence electrons. The molecule has 1 atom stereocenters. The monoisotopic (exact) mass is 175 g/mol. The van der Waals surface area contributed by atoms with E-state index in [0.717, 1.165) is 0 Å². The van der Waals surface area contributed by atoms with E-state index in [-0.39, 0.29) is 12.1 Å². The zero-order valence-electron chi connectivity index (χ0n) is 7.76. The van der Waals surface area contributed by atoms with Gasteiger partial charge < -0.3 is 11.5 Å². The molecule has 12 heavy (non-hydrogen) atoms. The van der Waals surface area contributed by atoms with Crippen LogP contribution in [0, 0.1) is 0 Å². The van der Waals surface area contributed by atoms with Crippen LogP contribution in [0.3, 0.4) is 0 Å². The summed E-state index contributed by atoms with van der Waals surface area (Å²) >= 11 is 0. The molecule has 1 unspecified atom stereocenters. The molecule has 0 aliphatic carbocycles. The van der Waals surface area contributed by atoms with Gasteiger partial charge in [-0.3, -0.25) is 9.63 Å². The maximum Gasteiger partial charge on any atom is 0.235 e. The Morgan fingerprint density at radius 3 is 2.42 bits per heavy atom. The number of hydroxylamine groups is 1. The second-order valence-electron chi connectivity index (χ2n) is 3.57. The average Bonchev–Trinajstić information content (AvgIpc) is 1.84. The first-order chi connectivity index (χ1) is 5.33. The number of primary amides is 1. The number of amides is 1. The zero-order valence-corrected chi connectivity index (χ0v) is 7.76. The molecule has 5 nitrogen and oxygen atoms in total. The van der Waals surface area contributed by atoms with Crippen LogP contribution in [0.1, 0.15) is 20.8 Å². The summed E-state index contributed by atoms with van der Waals surface area (Å²) in [6.07, 6.45) is 0. The van der Waals surface area contributed by atoms with Crippen molar-refractivity contribution in [3.05, 3.63) is 0 Å².